The van der Waals surface area contributed by atoms with Crippen LogP contribution in [-0.4, -0.2) is 19.1 Å². The zero-order valence-corrected chi connectivity index (χ0v) is 11.9. The van der Waals surface area contributed by atoms with Gasteiger partial charge in [0.15, 0.2) is 0 Å². The molecule has 1 aromatic rings. The van der Waals surface area contributed by atoms with Gasteiger partial charge in [-0.05, 0) is 38.3 Å². The van der Waals surface area contributed by atoms with E-state index in [4.69, 9.17) is 5.73 Å². The minimum Gasteiger partial charge on any atom is -0.373 e. The second kappa shape index (κ2) is 5.54. The Morgan fingerprint density at radius 2 is 1.76 bits per heavy atom. The molecule has 17 heavy (non-hydrogen) atoms. The Bertz CT molecular complexity index is 367. The van der Waals surface area contributed by atoms with Crippen molar-refractivity contribution in [3.8, 4) is 0 Å². The summed E-state index contributed by atoms with van der Waals surface area (Å²) >= 11 is 0. The molecule has 1 rings (SSSR count). The number of nitrogens with zero attached hydrogens (tertiary/aromatic N) is 1. The van der Waals surface area contributed by atoms with Crippen molar-refractivity contribution in [1.82, 2.24) is 0 Å². The number of nitrogens with two attached hydrogens (primary N) is 1. The molecule has 2 N–H and O–H groups in total. The summed E-state index contributed by atoms with van der Waals surface area (Å²) in [5.74, 6) is 0. The normalized spacial score (nSPS) is 11.6. The summed E-state index contributed by atoms with van der Waals surface area (Å²) < 4.78 is 0. The molecule has 0 bridgehead atoms. The Hall–Kier alpha value is -1.02. The molecule has 0 radical (unpaired) electrons. The Balaban J connectivity index is 2.86. The molecule has 0 fully saturated rings. The molecule has 0 aliphatic heterocycles. The molecule has 2 nitrogen and oxygen atoms in total. The Morgan fingerprint density at radius 3 is 2.24 bits per heavy atom. The van der Waals surface area contributed by atoms with Crippen LogP contribution in [0.25, 0.3) is 0 Å². The van der Waals surface area contributed by atoms with Crippen molar-refractivity contribution in [2.45, 2.75) is 46.1 Å². The van der Waals surface area contributed by atoms with Gasteiger partial charge in [-0.3, -0.25) is 0 Å². The first-order valence-electron chi connectivity index (χ1n) is 6.49. The predicted molar refractivity (Wildman–Crippen MR) is 76.7 cm³/mol. The molecule has 0 saturated carbocycles. The summed E-state index contributed by atoms with van der Waals surface area (Å²) in [6.45, 7) is 9.53. The van der Waals surface area contributed by atoms with Gasteiger partial charge in [0.05, 0.1) is 0 Å². The van der Waals surface area contributed by atoms with E-state index < -0.39 is 0 Å². The second-order valence-electron chi connectivity index (χ2n) is 5.22. The third kappa shape index (κ3) is 3.47. The van der Waals surface area contributed by atoms with E-state index in [1.807, 2.05) is 0 Å². The van der Waals surface area contributed by atoms with Gasteiger partial charge in [-0.25, -0.2) is 0 Å². The first-order chi connectivity index (χ1) is 7.91. The molecular weight excluding hydrogens is 208 g/mol. The van der Waals surface area contributed by atoms with E-state index in [1.54, 1.807) is 0 Å². The molecule has 0 spiro atoms. The van der Waals surface area contributed by atoms with E-state index in [9.17, 15) is 0 Å². The molecule has 0 saturated heterocycles. The summed E-state index contributed by atoms with van der Waals surface area (Å²) in [6, 6.07) is 6.58. The summed E-state index contributed by atoms with van der Waals surface area (Å²) in [5.41, 5.74) is 10.2. The van der Waals surface area contributed by atoms with Crippen molar-refractivity contribution in [2.24, 2.45) is 5.73 Å². The SMILES string of the molecule is CCC(N)(CC)CN(C)c1ccc(C)cc1C. The average molecular weight is 234 g/mol. The maximum absolute atomic E-state index is 6.37. The van der Waals surface area contributed by atoms with Crippen molar-refractivity contribution in [3.05, 3.63) is 29.3 Å². The van der Waals surface area contributed by atoms with Crippen LogP contribution in [0.15, 0.2) is 18.2 Å². The fourth-order valence-corrected chi connectivity index (χ4v) is 2.26. The predicted octanol–water partition coefficient (Wildman–Crippen LogP) is 3.26. The van der Waals surface area contributed by atoms with Gasteiger partial charge in [0, 0.05) is 24.8 Å². The van der Waals surface area contributed by atoms with Crippen molar-refractivity contribution in [3.63, 3.8) is 0 Å². The van der Waals surface area contributed by atoms with Crippen LogP contribution in [0.2, 0.25) is 0 Å². The molecule has 0 aromatic heterocycles. The summed E-state index contributed by atoms with van der Waals surface area (Å²) in [4.78, 5) is 2.28. The zero-order chi connectivity index (χ0) is 13.1. The lowest BCUT2D eigenvalue weighted by atomic mass is 9.93. The topological polar surface area (TPSA) is 29.3 Å². The molecule has 0 amide bonds. The van der Waals surface area contributed by atoms with E-state index in [1.165, 1.54) is 16.8 Å². The third-order valence-corrected chi connectivity index (χ3v) is 3.72. The largest absolute Gasteiger partial charge is 0.373 e. The highest BCUT2D eigenvalue weighted by atomic mass is 15.1. The fraction of sp³-hybridized carbons (Fsp3) is 0.600. The van der Waals surface area contributed by atoms with Crippen LogP contribution in [0.1, 0.15) is 37.8 Å². The smallest absolute Gasteiger partial charge is 0.0394 e. The van der Waals surface area contributed by atoms with Crippen molar-refractivity contribution < 1.29 is 0 Å². The standard InChI is InChI=1S/C15H26N2/c1-6-15(16,7-2)11-17(5)14-9-8-12(3)10-13(14)4/h8-10H,6-7,11,16H2,1-5H3. The maximum atomic E-state index is 6.37. The first kappa shape index (κ1) is 14.0. The molecular formula is C15H26N2. The second-order valence-corrected chi connectivity index (χ2v) is 5.22. The van der Waals surface area contributed by atoms with Gasteiger partial charge in [0.2, 0.25) is 0 Å². The summed E-state index contributed by atoms with van der Waals surface area (Å²) in [7, 11) is 2.13. The average Bonchev–Trinajstić information content (AvgIpc) is 2.28. The highest BCUT2D eigenvalue weighted by molar-refractivity contribution is 5.54. The lowest BCUT2D eigenvalue weighted by Gasteiger charge is -2.33. The van der Waals surface area contributed by atoms with Crippen LogP contribution in [0.4, 0.5) is 5.69 Å². The molecule has 0 aliphatic rings. The van der Waals surface area contributed by atoms with Crippen molar-refractivity contribution in [2.75, 3.05) is 18.5 Å². The number of hydrogen-bond acceptors (Lipinski definition) is 2. The molecule has 2 heteroatoms. The van der Waals surface area contributed by atoms with Crippen LogP contribution in [0, 0.1) is 13.8 Å². The third-order valence-electron chi connectivity index (χ3n) is 3.72. The zero-order valence-electron chi connectivity index (χ0n) is 11.9. The van der Waals surface area contributed by atoms with E-state index >= 15 is 0 Å². The molecule has 0 atom stereocenters. The van der Waals surface area contributed by atoms with Crippen molar-refractivity contribution in [1.29, 1.82) is 0 Å². The number of likely N-dealkylation sites (N-methyl/N-ethyl adjacent to an activating group) is 1. The van der Waals surface area contributed by atoms with E-state index in [0.29, 0.717) is 0 Å². The monoisotopic (exact) mass is 234 g/mol. The van der Waals surface area contributed by atoms with Gasteiger partial charge in [-0.2, -0.15) is 0 Å². The Kier molecular flexibility index (Phi) is 4.58. The van der Waals surface area contributed by atoms with Gasteiger partial charge < -0.3 is 10.6 Å². The molecule has 0 aliphatic carbocycles. The minimum atomic E-state index is -0.0773. The van der Waals surface area contributed by atoms with Gasteiger partial charge in [-0.15, -0.1) is 0 Å². The Morgan fingerprint density at radius 1 is 1.18 bits per heavy atom. The maximum Gasteiger partial charge on any atom is 0.0394 e. The highest BCUT2D eigenvalue weighted by Crippen LogP contribution is 2.23. The summed E-state index contributed by atoms with van der Waals surface area (Å²) in [5, 5.41) is 0. The quantitative estimate of drug-likeness (QED) is 0.847. The van der Waals surface area contributed by atoms with Gasteiger partial charge >= 0.3 is 0 Å². The molecule has 0 heterocycles. The minimum absolute atomic E-state index is 0.0773. The number of benzene rings is 1. The van der Waals surface area contributed by atoms with E-state index in [2.05, 4.69) is 57.8 Å². The van der Waals surface area contributed by atoms with Gasteiger partial charge in [-0.1, -0.05) is 31.5 Å². The number of aryl methyl sites for hydroxylation is 2. The van der Waals surface area contributed by atoms with E-state index in [-0.39, 0.29) is 5.54 Å². The van der Waals surface area contributed by atoms with E-state index in [0.717, 1.165) is 19.4 Å². The van der Waals surface area contributed by atoms with Crippen LogP contribution in [0.5, 0.6) is 0 Å². The highest BCUT2D eigenvalue weighted by Gasteiger charge is 2.22. The summed E-state index contributed by atoms with van der Waals surface area (Å²) in [6.07, 6.45) is 2.03. The number of anilines is 1. The van der Waals surface area contributed by atoms with Gasteiger partial charge in [0.25, 0.3) is 0 Å². The number of hydrogen-bond donors (Lipinski definition) is 1. The lowest BCUT2D eigenvalue weighted by molar-refractivity contribution is 0.400. The Labute approximate surface area is 106 Å². The molecule has 96 valence electrons. The van der Waals surface area contributed by atoms with Crippen LogP contribution < -0.4 is 10.6 Å². The van der Waals surface area contributed by atoms with Gasteiger partial charge in [0.1, 0.15) is 0 Å². The first-order valence-corrected chi connectivity index (χ1v) is 6.49. The van der Waals surface area contributed by atoms with Crippen LogP contribution in [-0.2, 0) is 0 Å². The molecule has 0 unspecified atom stereocenters. The lowest BCUT2D eigenvalue weighted by Crippen LogP contribution is -2.48. The molecule has 1 aromatic carbocycles. The number of rotatable bonds is 5. The van der Waals surface area contributed by atoms with Crippen molar-refractivity contribution >= 4 is 5.69 Å². The van der Waals surface area contributed by atoms with Crippen LogP contribution in [0.3, 0.4) is 0 Å². The fourth-order valence-electron chi connectivity index (χ4n) is 2.26. The van der Waals surface area contributed by atoms with Crippen LogP contribution >= 0.6 is 0 Å².